The third kappa shape index (κ3) is 2.53. The van der Waals surface area contributed by atoms with E-state index in [-0.39, 0.29) is 11.7 Å². The summed E-state index contributed by atoms with van der Waals surface area (Å²) in [5.74, 6) is 0. The van der Waals surface area contributed by atoms with E-state index in [2.05, 4.69) is 15.9 Å². The quantitative estimate of drug-likeness (QED) is 0.736. The lowest BCUT2D eigenvalue weighted by molar-refractivity contribution is 0.199. The topological polar surface area (TPSA) is 68.2 Å². The lowest BCUT2D eigenvalue weighted by Gasteiger charge is -2.13. The van der Waals surface area contributed by atoms with E-state index in [1.165, 1.54) is 4.57 Å². The van der Waals surface area contributed by atoms with Gasteiger partial charge in [-0.2, -0.15) is 0 Å². The third-order valence-electron chi connectivity index (χ3n) is 3.57. The molecule has 0 aliphatic rings. The summed E-state index contributed by atoms with van der Waals surface area (Å²) in [4.78, 5) is 12.6. The van der Waals surface area contributed by atoms with Crippen molar-refractivity contribution in [2.45, 2.75) is 13.0 Å². The van der Waals surface area contributed by atoms with Crippen molar-refractivity contribution < 1.29 is 6.48 Å². The molecule has 0 aliphatic carbocycles. The van der Waals surface area contributed by atoms with Gasteiger partial charge in [0.25, 0.3) is 5.56 Å². The molecule has 0 bridgehead atoms. The molecule has 0 saturated heterocycles. The van der Waals surface area contributed by atoms with Gasteiger partial charge in [-0.05, 0) is 42.8 Å². The van der Waals surface area contributed by atoms with Crippen molar-refractivity contribution >= 4 is 32.5 Å². The van der Waals surface area contributed by atoms with Crippen molar-refractivity contribution in [3.63, 3.8) is 0 Å². The molecule has 4 nitrogen and oxygen atoms in total. The van der Waals surface area contributed by atoms with Crippen LogP contribution in [0.15, 0.2) is 57.8 Å². The normalized spacial score (nSPS) is 13.1. The van der Waals surface area contributed by atoms with E-state index in [0.717, 1.165) is 10.0 Å². The number of benzene rings is 2. The van der Waals surface area contributed by atoms with Crippen LogP contribution in [-0.4, -0.2) is 9.67 Å². The van der Waals surface area contributed by atoms with Gasteiger partial charge in [0.1, 0.15) is 0 Å². The fraction of sp³-hybridized carbons (Fsp3) is 0.118. The van der Waals surface area contributed by atoms with Crippen LogP contribution in [0.5, 0.6) is 0 Å². The SMILES string of the molecule is [2H]c1c(N)c2ccc(Br)cc2n(-c2ccc(C(C)O)cc2)c1=O. The predicted molar refractivity (Wildman–Crippen MR) is 92.3 cm³/mol. The van der Waals surface area contributed by atoms with E-state index in [0.29, 0.717) is 16.6 Å². The molecule has 3 aromatic rings. The minimum atomic E-state index is -0.579. The second kappa shape index (κ2) is 5.59. The number of anilines is 1. The molecule has 0 amide bonds. The van der Waals surface area contributed by atoms with Crippen LogP contribution >= 0.6 is 15.9 Å². The first kappa shape index (κ1) is 13.5. The molecule has 0 radical (unpaired) electrons. The Morgan fingerprint density at radius 1 is 1.27 bits per heavy atom. The molecule has 0 fully saturated rings. The highest BCUT2D eigenvalue weighted by Crippen LogP contribution is 2.25. The van der Waals surface area contributed by atoms with Crippen LogP contribution in [0.2, 0.25) is 0 Å². The summed E-state index contributed by atoms with van der Waals surface area (Å²) in [5, 5.41) is 10.3. The lowest BCUT2D eigenvalue weighted by Crippen LogP contribution is -2.18. The molecule has 3 N–H and O–H groups in total. The molecule has 0 aliphatic heterocycles. The van der Waals surface area contributed by atoms with Gasteiger partial charge in [0.2, 0.25) is 0 Å². The van der Waals surface area contributed by atoms with Crippen molar-refractivity contribution in [3.8, 4) is 5.69 Å². The number of hydrogen-bond acceptors (Lipinski definition) is 3. The number of fused-ring (bicyclic) bond motifs is 1. The van der Waals surface area contributed by atoms with Crippen LogP contribution in [-0.2, 0) is 0 Å². The van der Waals surface area contributed by atoms with Gasteiger partial charge >= 0.3 is 0 Å². The fourth-order valence-corrected chi connectivity index (χ4v) is 2.77. The molecular weight excluding hydrogens is 344 g/mol. The Labute approximate surface area is 137 Å². The van der Waals surface area contributed by atoms with Crippen molar-refractivity contribution in [2.24, 2.45) is 0 Å². The molecule has 112 valence electrons. The Morgan fingerprint density at radius 3 is 2.59 bits per heavy atom. The van der Waals surface area contributed by atoms with E-state index < -0.39 is 11.7 Å². The molecule has 0 spiro atoms. The average Bonchev–Trinajstić information content (AvgIpc) is 2.53. The number of hydrogen-bond donors (Lipinski definition) is 2. The highest BCUT2D eigenvalue weighted by Gasteiger charge is 2.10. The maximum Gasteiger partial charge on any atom is 0.257 e. The second-order valence-corrected chi connectivity index (χ2v) is 6.02. The van der Waals surface area contributed by atoms with Gasteiger partial charge in [-0.25, -0.2) is 0 Å². The Kier molecular flexibility index (Phi) is 3.44. The largest absolute Gasteiger partial charge is 0.398 e. The van der Waals surface area contributed by atoms with Crippen LogP contribution < -0.4 is 11.3 Å². The Hall–Kier alpha value is -2.11. The van der Waals surface area contributed by atoms with Crippen molar-refractivity contribution in [1.29, 1.82) is 0 Å². The third-order valence-corrected chi connectivity index (χ3v) is 4.06. The monoisotopic (exact) mass is 359 g/mol. The minimum Gasteiger partial charge on any atom is -0.398 e. The molecule has 1 heterocycles. The van der Waals surface area contributed by atoms with Crippen LogP contribution in [0.25, 0.3) is 16.6 Å². The highest BCUT2D eigenvalue weighted by molar-refractivity contribution is 9.10. The van der Waals surface area contributed by atoms with Crippen LogP contribution in [0.1, 0.15) is 20.0 Å². The van der Waals surface area contributed by atoms with Crippen molar-refractivity contribution in [2.75, 3.05) is 5.73 Å². The first-order valence-corrected chi connectivity index (χ1v) is 7.58. The summed E-state index contributed by atoms with van der Waals surface area (Å²) < 4.78 is 10.2. The Morgan fingerprint density at radius 2 is 1.95 bits per heavy atom. The van der Waals surface area contributed by atoms with E-state index in [1.807, 2.05) is 6.07 Å². The fourth-order valence-electron chi connectivity index (χ4n) is 2.42. The molecular formula is C17H15BrN2O2. The molecule has 22 heavy (non-hydrogen) atoms. The Balaban J connectivity index is 2.36. The zero-order chi connectivity index (χ0) is 16.7. The summed E-state index contributed by atoms with van der Waals surface area (Å²) in [5.41, 5.74) is 7.64. The van der Waals surface area contributed by atoms with Gasteiger partial charge < -0.3 is 10.8 Å². The average molecular weight is 360 g/mol. The molecule has 0 saturated carbocycles. The van der Waals surface area contributed by atoms with E-state index in [4.69, 9.17) is 7.10 Å². The number of halogens is 1. The standard InChI is InChI=1S/C17H15BrN2O2/c1-10(21)11-2-5-13(6-3-11)20-16-8-12(18)4-7-14(16)15(19)9-17(20)22/h2-10,21H,19H2,1H3/i9D. The summed E-state index contributed by atoms with van der Waals surface area (Å²) in [6, 6.07) is 12.2. The van der Waals surface area contributed by atoms with Crippen LogP contribution in [0.4, 0.5) is 5.69 Å². The molecule has 1 atom stereocenters. The lowest BCUT2D eigenvalue weighted by atomic mass is 10.1. The van der Waals surface area contributed by atoms with Gasteiger partial charge in [0.05, 0.1) is 13.0 Å². The summed E-state index contributed by atoms with van der Waals surface area (Å²) in [6.07, 6.45) is -0.579. The molecule has 1 aromatic heterocycles. The summed E-state index contributed by atoms with van der Waals surface area (Å²) >= 11 is 3.40. The van der Waals surface area contributed by atoms with E-state index >= 15 is 0 Å². The minimum absolute atomic E-state index is 0.175. The smallest absolute Gasteiger partial charge is 0.257 e. The molecule has 1 unspecified atom stereocenters. The number of nitrogens with two attached hydrogens (primary N) is 1. The van der Waals surface area contributed by atoms with Gasteiger partial charge in [0.15, 0.2) is 0 Å². The highest BCUT2D eigenvalue weighted by atomic mass is 79.9. The first-order valence-electron chi connectivity index (χ1n) is 7.29. The Bertz CT molecular complexity index is 949. The van der Waals surface area contributed by atoms with Gasteiger partial charge in [-0.1, -0.05) is 28.1 Å². The molecule has 2 aromatic carbocycles. The number of aliphatic hydroxyl groups excluding tert-OH is 1. The number of pyridine rings is 1. The van der Waals surface area contributed by atoms with Gasteiger partial charge in [-0.15, -0.1) is 0 Å². The van der Waals surface area contributed by atoms with Crippen molar-refractivity contribution in [1.82, 2.24) is 4.57 Å². The maximum atomic E-state index is 12.6. The number of rotatable bonds is 2. The number of nitrogens with zero attached hydrogens (tertiary/aromatic N) is 1. The first-order chi connectivity index (χ1) is 10.9. The number of nitrogen functional groups attached to an aromatic ring is 1. The maximum absolute atomic E-state index is 12.6. The van der Waals surface area contributed by atoms with Gasteiger partial charge in [0, 0.05) is 27.3 Å². The second-order valence-electron chi connectivity index (χ2n) is 5.11. The zero-order valence-electron chi connectivity index (χ0n) is 12.9. The van der Waals surface area contributed by atoms with Crippen LogP contribution in [0.3, 0.4) is 0 Å². The van der Waals surface area contributed by atoms with Crippen molar-refractivity contribution in [3.05, 3.63) is 68.9 Å². The number of aliphatic hydroxyl groups is 1. The van der Waals surface area contributed by atoms with Crippen LogP contribution in [0, 0.1) is 0 Å². The molecule has 3 rings (SSSR count). The molecule has 5 heteroatoms. The summed E-state index contributed by atoms with van der Waals surface area (Å²) in [7, 11) is 0. The number of aromatic nitrogens is 1. The predicted octanol–water partition coefficient (Wildman–Crippen LogP) is 3.39. The summed E-state index contributed by atoms with van der Waals surface area (Å²) in [6.45, 7) is 1.68. The van der Waals surface area contributed by atoms with Gasteiger partial charge in [-0.3, -0.25) is 9.36 Å². The van der Waals surface area contributed by atoms with E-state index in [1.54, 1.807) is 43.3 Å². The zero-order valence-corrected chi connectivity index (χ0v) is 13.5. The van der Waals surface area contributed by atoms with E-state index in [9.17, 15) is 9.90 Å².